The van der Waals surface area contributed by atoms with E-state index in [4.69, 9.17) is 10.3 Å². The summed E-state index contributed by atoms with van der Waals surface area (Å²) in [7, 11) is -3.87. The monoisotopic (exact) mass is 394 g/mol. The molecule has 0 aliphatic carbocycles. The zero-order valence-corrected chi connectivity index (χ0v) is 16.6. The molecule has 0 spiro atoms. The van der Waals surface area contributed by atoms with Crippen molar-refractivity contribution in [3.8, 4) is 0 Å². The first kappa shape index (κ1) is 21.9. The molecule has 3 N–H and O–H groups in total. The van der Waals surface area contributed by atoms with Crippen molar-refractivity contribution in [1.82, 2.24) is 14.8 Å². The van der Waals surface area contributed by atoms with Crippen LogP contribution in [0.5, 0.6) is 0 Å². The normalized spacial score (nSPS) is 20.7. The maximum atomic E-state index is 12.6. The Hall–Kier alpha value is -1.16. The van der Waals surface area contributed by atoms with Crippen molar-refractivity contribution >= 4 is 28.3 Å². The second-order valence-electron chi connectivity index (χ2n) is 6.54. The van der Waals surface area contributed by atoms with Crippen LogP contribution in [0.3, 0.4) is 0 Å². The fraction of sp³-hybridized carbons (Fsp3) is 0.733. The molecule has 0 bridgehead atoms. The number of hydrogen-bond donors (Lipinski definition) is 2. The third-order valence-electron chi connectivity index (χ3n) is 4.45. The number of aromatic nitrogens is 1. The van der Waals surface area contributed by atoms with Gasteiger partial charge in [0.2, 0.25) is 15.9 Å². The Morgan fingerprint density at radius 3 is 2.56 bits per heavy atom. The van der Waals surface area contributed by atoms with Gasteiger partial charge < -0.3 is 15.2 Å². The van der Waals surface area contributed by atoms with Crippen LogP contribution in [-0.2, 0) is 14.8 Å². The Morgan fingerprint density at radius 1 is 1.40 bits per heavy atom. The minimum Gasteiger partial charge on any atom is -0.360 e. The van der Waals surface area contributed by atoms with E-state index in [9.17, 15) is 13.2 Å². The highest BCUT2D eigenvalue weighted by Gasteiger charge is 2.32. The molecule has 1 amide bonds. The van der Waals surface area contributed by atoms with Gasteiger partial charge in [-0.1, -0.05) is 5.16 Å². The fourth-order valence-corrected chi connectivity index (χ4v) is 4.64. The molecule has 1 aliphatic rings. The van der Waals surface area contributed by atoms with E-state index in [-0.39, 0.29) is 46.6 Å². The van der Waals surface area contributed by atoms with Crippen LogP contribution in [0.15, 0.2) is 9.42 Å². The number of carbonyl (C=O) groups is 1. The van der Waals surface area contributed by atoms with Crippen LogP contribution in [0.1, 0.15) is 38.1 Å². The van der Waals surface area contributed by atoms with Gasteiger partial charge in [0.15, 0.2) is 5.76 Å². The second kappa shape index (κ2) is 8.48. The van der Waals surface area contributed by atoms with E-state index in [1.165, 1.54) is 6.92 Å². The molecule has 2 heterocycles. The SMILES string of the molecule is Cc1noc(C)c1S(=O)(=O)NC(C)C(=O)N1CCCC(C(C)N)C1.Cl. The molecule has 1 saturated heterocycles. The molecule has 3 unspecified atom stereocenters. The van der Waals surface area contributed by atoms with Crippen LogP contribution in [-0.4, -0.2) is 49.6 Å². The first-order valence-corrected chi connectivity index (χ1v) is 9.61. The van der Waals surface area contributed by atoms with Gasteiger partial charge in [-0.05, 0) is 46.5 Å². The van der Waals surface area contributed by atoms with Crippen LogP contribution >= 0.6 is 12.4 Å². The molecule has 0 saturated carbocycles. The van der Waals surface area contributed by atoms with E-state index in [0.29, 0.717) is 13.1 Å². The van der Waals surface area contributed by atoms with Gasteiger partial charge in [0.25, 0.3) is 0 Å². The number of nitrogens with one attached hydrogen (secondary N) is 1. The van der Waals surface area contributed by atoms with Crippen LogP contribution in [0.4, 0.5) is 0 Å². The predicted octanol–water partition coefficient (Wildman–Crippen LogP) is 0.966. The Kier molecular flexibility index (Phi) is 7.42. The number of rotatable bonds is 5. The molecule has 0 aromatic carbocycles. The van der Waals surface area contributed by atoms with Crippen LogP contribution in [0.2, 0.25) is 0 Å². The van der Waals surface area contributed by atoms with Gasteiger partial charge in [0, 0.05) is 19.1 Å². The van der Waals surface area contributed by atoms with Gasteiger partial charge in [-0.15, -0.1) is 12.4 Å². The molecular formula is C15H27ClN4O4S. The molecule has 1 aliphatic heterocycles. The number of nitrogens with zero attached hydrogens (tertiary/aromatic N) is 2. The summed E-state index contributed by atoms with van der Waals surface area (Å²) < 4.78 is 32.3. The quantitative estimate of drug-likeness (QED) is 0.767. The lowest BCUT2D eigenvalue weighted by Gasteiger charge is -2.36. The zero-order valence-electron chi connectivity index (χ0n) is 15.0. The molecule has 8 nitrogen and oxygen atoms in total. The minimum atomic E-state index is -3.87. The van der Waals surface area contributed by atoms with Gasteiger partial charge in [-0.2, -0.15) is 4.72 Å². The lowest BCUT2D eigenvalue weighted by atomic mass is 9.92. The van der Waals surface area contributed by atoms with Crippen LogP contribution < -0.4 is 10.5 Å². The summed E-state index contributed by atoms with van der Waals surface area (Å²) in [5.41, 5.74) is 6.21. The summed E-state index contributed by atoms with van der Waals surface area (Å²) in [5, 5.41) is 3.65. The third-order valence-corrected chi connectivity index (χ3v) is 6.24. The van der Waals surface area contributed by atoms with E-state index < -0.39 is 16.1 Å². The van der Waals surface area contributed by atoms with Crippen molar-refractivity contribution in [1.29, 1.82) is 0 Å². The molecular weight excluding hydrogens is 368 g/mol. The maximum Gasteiger partial charge on any atom is 0.246 e. The molecule has 1 aromatic heterocycles. The smallest absolute Gasteiger partial charge is 0.246 e. The largest absolute Gasteiger partial charge is 0.360 e. The van der Waals surface area contributed by atoms with Crippen molar-refractivity contribution in [3.05, 3.63) is 11.5 Å². The van der Waals surface area contributed by atoms with E-state index in [1.54, 1.807) is 18.7 Å². The Bertz CT molecular complexity index is 685. The van der Waals surface area contributed by atoms with Crippen molar-refractivity contribution in [3.63, 3.8) is 0 Å². The number of likely N-dealkylation sites (tertiary alicyclic amines) is 1. The number of nitrogens with two attached hydrogens (primary N) is 1. The number of piperidine rings is 1. The van der Waals surface area contributed by atoms with E-state index in [0.717, 1.165) is 12.8 Å². The summed E-state index contributed by atoms with van der Waals surface area (Å²) >= 11 is 0. The topological polar surface area (TPSA) is 119 Å². The number of aryl methyl sites for hydroxylation is 2. The Morgan fingerprint density at radius 2 is 2.04 bits per heavy atom. The van der Waals surface area contributed by atoms with Gasteiger partial charge in [0.1, 0.15) is 10.6 Å². The molecule has 0 radical (unpaired) electrons. The van der Waals surface area contributed by atoms with Crippen LogP contribution in [0.25, 0.3) is 0 Å². The molecule has 25 heavy (non-hydrogen) atoms. The summed E-state index contributed by atoms with van der Waals surface area (Å²) in [6.45, 7) is 7.75. The van der Waals surface area contributed by atoms with E-state index in [2.05, 4.69) is 9.88 Å². The first-order valence-electron chi connectivity index (χ1n) is 8.13. The van der Waals surface area contributed by atoms with Crippen molar-refractivity contribution in [2.75, 3.05) is 13.1 Å². The molecule has 144 valence electrons. The van der Waals surface area contributed by atoms with Crippen molar-refractivity contribution in [2.24, 2.45) is 11.7 Å². The molecule has 10 heteroatoms. The number of sulfonamides is 1. The molecule has 1 fully saturated rings. The second-order valence-corrected chi connectivity index (χ2v) is 8.19. The summed E-state index contributed by atoms with van der Waals surface area (Å²) in [6.07, 6.45) is 1.86. The highest BCUT2D eigenvalue weighted by molar-refractivity contribution is 7.89. The van der Waals surface area contributed by atoms with Gasteiger partial charge in [-0.3, -0.25) is 4.79 Å². The number of amides is 1. The maximum absolute atomic E-state index is 12.6. The average molecular weight is 395 g/mol. The minimum absolute atomic E-state index is 0. The summed E-state index contributed by atoms with van der Waals surface area (Å²) in [6, 6.07) is -0.856. The summed E-state index contributed by atoms with van der Waals surface area (Å²) in [5.74, 6) is 0.208. The van der Waals surface area contributed by atoms with E-state index in [1.807, 2.05) is 6.92 Å². The summed E-state index contributed by atoms with van der Waals surface area (Å²) in [4.78, 5) is 14.3. The Labute approximate surface area is 154 Å². The lowest BCUT2D eigenvalue weighted by molar-refractivity contribution is -0.134. The molecule has 3 atom stereocenters. The molecule has 2 rings (SSSR count). The third kappa shape index (κ3) is 4.93. The molecule has 1 aromatic rings. The first-order chi connectivity index (χ1) is 11.1. The highest BCUT2D eigenvalue weighted by Crippen LogP contribution is 2.21. The number of hydrogen-bond acceptors (Lipinski definition) is 6. The number of carbonyl (C=O) groups excluding carboxylic acids is 1. The van der Waals surface area contributed by atoms with Crippen molar-refractivity contribution in [2.45, 2.75) is 57.5 Å². The highest BCUT2D eigenvalue weighted by atomic mass is 35.5. The van der Waals surface area contributed by atoms with Gasteiger partial charge in [0.05, 0.1) is 6.04 Å². The van der Waals surface area contributed by atoms with E-state index >= 15 is 0 Å². The van der Waals surface area contributed by atoms with Crippen molar-refractivity contribution < 1.29 is 17.7 Å². The van der Waals surface area contributed by atoms with Gasteiger partial charge >= 0.3 is 0 Å². The predicted molar refractivity (Wildman–Crippen MR) is 96.0 cm³/mol. The standard InChI is InChI=1S/C15H26N4O4S.ClH/c1-9(16)13-6-5-7-19(8-13)15(20)11(3)18-24(21,22)14-10(2)17-23-12(14)4;/h9,11,13,18H,5-8,16H2,1-4H3;1H. The van der Waals surface area contributed by atoms with Gasteiger partial charge in [-0.25, -0.2) is 8.42 Å². The number of halogens is 1. The van der Waals surface area contributed by atoms with Crippen LogP contribution in [0, 0.1) is 19.8 Å². The zero-order chi connectivity index (χ0) is 18.1. The fourth-order valence-electron chi connectivity index (χ4n) is 3.11. The average Bonchev–Trinajstić information content (AvgIpc) is 2.85. The Balaban J connectivity index is 0.00000312. The lowest BCUT2D eigenvalue weighted by Crippen LogP contribution is -2.51.